The number of thioether (sulfide) groups is 1. The highest BCUT2D eigenvalue weighted by atomic mass is 35.5. The van der Waals surface area contributed by atoms with Crippen molar-refractivity contribution in [2.45, 2.75) is 24.6 Å². The van der Waals surface area contributed by atoms with Crippen LogP contribution in [0, 0.1) is 17.0 Å². The largest absolute Gasteiger partial charge is 0.263 e. The third-order valence-electron chi connectivity index (χ3n) is 2.88. The third kappa shape index (κ3) is 2.33. The van der Waals surface area contributed by atoms with E-state index in [0.717, 1.165) is 16.3 Å². The fourth-order valence-electron chi connectivity index (χ4n) is 2.07. The summed E-state index contributed by atoms with van der Waals surface area (Å²) in [6.07, 6.45) is 0.625. The minimum atomic E-state index is -0.444. The average molecular weight is 258 g/mol. The minimum absolute atomic E-state index is 0.185. The average Bonchev–Trinajstić information content (AvgIpc) is 2.66. The Bertz CT molecular complexity index is 424. The van der Waals surface area contributed by atoms with Crippen LogP contribution in [0.3, 0.4) is 0 Å². The maximum atomic E-state index is 10.7. The maximum absolute atomic E-state index is 10.7. The number of hydrogen-bond acceptors (Lipinski definition) is 3. The summed E-state index contributed by atoms with van der Waals surface area (Å²) in [4.78, 5) is 10.5. The van der Waals surface area contributed by atoms with Gasteiger partial charge in [0.05, 0.1) is 0 Å². The summed E-state index contributed by atoms with van der Waals surface area (Å²) in [5.74, 6) is 1.12. The zero-order chi connectivity index (χ0) is 11.7. The molecule has 2 rings (SSSR count). The first kappa shape index (κ1) is 11.7. The fraction of sp³-hybridized carbons (Fsp3) is 0.455. The van der Waals surface area contributed by atoms with Gasteiger partial charge < -0.3 is 0 Å². The molecule has 0 radical (unpaired) electrons. The van der Waals surface area contributed by atoms with E-state index < -0.39 is 5.37 Å². The van der Waals surface area contributed by atoms with Crippen molar-refractivity contribution in [1.29, 1.82) is 0 Å². The van der Waals surface area contributed by atoms with Crippen LogP contribution in [0.25, 0.3) is 0 Å². The van der Waals surface area contributed by atoms with Crippen LogP contribution in [-0.4, -0.2) is 16.1 Å². The van der Waals surface area contributed by atoms with Gasteiger partial charge in [-0.1, -0.05) is 29.4 Å². The van der Waals surface area contributed by atoms with Crippen molar-refractivity contribution in [2.24, 2.45) is 0 Å². The smallest absolute Gasteiger partial charge is 0.258 e. The van der Waals surface area contributed by atoms with E-state index >= 15 is 0 Å². The SMILES string of the molecule is Cc1cc(Cl)ccc1C1CSC([N+](=O)[O-])C1. The molecule has 0 saturated carbocycles. The van der Waals surface area contributed by atoms with Gasteiger partial charge in [0.1, 0.15) is 0 Å². The van der Waals surface area contributed by atoms with Gasteiger partial charge in [-0.25, -0.2) is 0 Å². The van der Waals surface area contributed by atoms with Crippen LogP contribution in [0.1, 0.15) is 23.5 Å². The summed E-state index contributed by atoms with van der Waals surface area (Å²) in [6.45, 7) is 2.01. The Labute approximate surface area is 103 Å². The Hall–Kier alpha value is -0.740. The van der Waals surface area contributed by atoms with Crippen molar-refractivity contribution >= 4 is 23.4 Å². The molecule has 5 heteroatoms. The van der Waals surface area contributed by atoms with Gasteiger partial charge in [0.15, 0.2) is 0 Å². The van der Waals surface area contributed by atoms with E-state index in [2.05, 4.69) is 0 Å². The predicted octanol–water partition coefficient (Wildman–Crippen LogP) is 3.47. The lowest BCUT2D eigenvalue weighted by atomic mass is 9.94. The second kappa shape index (κ2) is 4.63. The minimum Gasteiger partial charge on any atom is -0.263 e. The van der Waals surface area contributed by atoms with Crippen molar-refractivity contribution in [3.8, 4) is 0 Å². The van der Waals surface area contributed by atoms with E-state index in [1.807, 2.05) is 25.1 Å². The molecule has 0 bridgehead atoms. The molecule has 0 aromatic heterocycles. The molecule has 0 aliphatic carbocycles. The number of aryl methyl sites for hydroxylation is 1. The van der Waals surface area contributed by atoms with Crippen LogP contribution in [0.4, 0.5) is 0 Å². The molecular weight excluding hydrogens is 246 g/mol. The van der Waals surface area contributed by atoms with Gasteiger partial charge in [-0.3, -0.25) is 10.1 Å². The number of nitro groups is 1. The van der Waals surface area contributed by atoms with Gasteiger partial charge in [0.25, 0.3) is 5.37 Å². The zero-order valence-corrected chi connectivity index (χ0v) is 10.4. The first-order valence-corrected chi connectivity index (χ1v) is 6.51. The molecule has 1 heterocycles. The normalized spacial score (nSPS) is 24.6. The lowest BCUT2D eigenvalue weighted by Crippen LogP contribution is -2.12. The van der Waals surface area contributed by atoms with Crippen LogP contribution >= 0.6 is 23.4 Å². The second-order valence-corrected chi connectivity index (χ2v) is 5.65. The van der Waals surface area contributed by atoms with Gasteiger partial charge >= 0.3 is 0 Å². The fourth-order valence-corrected chi connectivity index (χ4v) is 3.55. The Morgan fingerprint density at radius 2 is 2.31 bits per heavy atom. The van der Waals surface area contributed by atoms with Gasteiger partial charge in [0.2, 0.25) is 0 Å². The molecule has 1 aromatic carbocycles. The third-order valence-corrected chi connectivity index (χ3v) is 4.46. The van der Waals surface area contributed by atoms with Crippen LogP contribution < -0.4 is 0 Å². The summed E-state index contributed by atoms with van der Waals surface area (Å²) in [7, 11) is 0. The summed E-state index contributed by atoms with van der Waals surface area (Å²) in [5.41, 5.74) is 2.32. The van der Waals surface area contributed by atoms with Crippen LogP contribution in [0.15, 0.2) is 18.2 Å². The molecular formula is C11H12ClNO2S. The summed E-state index contributed by atoms with van der Waals surface area (Å²) < 4.78 is 0. The van der Waals surface area contributed by atoms with Crippen molar-refractivity contribution in [3.05, 3.63) is 44.5 Å². The monoisotopic (exact) mass is 257 g/mol. The number of benzene rings is 1. The van der Waals surface area contributed by atoms with E-state index in [4.69, 9.17) is 11.6 Å². The topological polar surface area (TPSA) is 43.1 Å². The van der Waals surface area contributed by atoms with Crippen molar-refractivity contribution in [3.63, 3.8) is 0 Å². The molecule has 0 spiro atoms. The molecule has 0 N–H and O–H groups in total. The highest BCUT2D eigenvalue weighted by Crippen LogP contribution is 2.39. The Morgan fingerprint density at radius 1 is 1.56 bits per heavy atom. The molecule has 1 fully saturated rings. The van der Waals surface area contributed by atoms with Crippen molar-refractivity contribution < 1.29 is 4.92 Å². The lowest BCUT2D eigenvalue weighted by molar-refractivity contribution is -0.495. The molecule has 1 aliphatic rings. The van der Waals surface area contributed by atoms with Crippen LogP contribution in [0.5, 0.6) is 0 Å². The van der Waals surface area contributed by atoms with Gasteiger partial charge in [0, 0.05) is 28.0 Å². The van der Waals surface area contributed by atoms with E-state index in [-0.39, 0.29) is 10.8 Å². The molecule has 1 aromatic rings. The first-order valence-electron chi connectivity index (χ1n) is 5.09. The van der Waals surface area contributed by atoms with Crippen molar-refractivity contribution in [2.75, 3.05) is 5.75 Å². The van der Waals surface area contributed by atoms with E-state index in [1.165, 1.54) is 17.3 Å². The molecule has 0 amide bonds. The first-order chi connectivity index (χ1) is 7.58. The van der Waals surface area contributed by atoms with Crippen molar-refractivity contribution in [1.82, 2.24) is 0 Å². The van der Waals surface area contributed by atoms with Gasteiger partial charge in [-0.2, -0.15) is 0 Å². The Balaban J connectivity index is 2.17. The zero-order valence-electron chi connectivity index (χ0n) is 8.85. The quantitative estimate of drug-likeness (QED) is 0.602. The standard InChI is InChI=1S/C11H12ClNO2S/c1-7-4-9(12)2-3-10(7)8-5-11(13(14)15)16-6-8/h2-4,8,11H,5-6H2,1H3. The Morgan fingerprint density at radius 3 is 2.88 bits per heavy atom. The van der Waals surface area contributed by atoms with E-state index in [9.17, 15) is 10.1 Å². The van der Waals surface area contributed by atoms with Gasteiger partial charge in [-0.05, 0) is 30.2 Å². The van der Waals surface area contributed by atoms with E-state index in [0.29, 0.717) is 6.42 Å². The summed E-state index contributed by atoms with van der Waals surface area (Å²) >= 11 is 7.32. The number of hydrogen-bond donors (Lipinski definition) is 0. The van der Waals surface area contributed by atoms with Crippen LogP contribution in [0.2, 0.25) is 5.02 Å². The maximum Gasteiger partial charge on any atom is 0.258 e. The summed E-state index contributed by atoms with van der Waals surface area (Å²) in [5, 5.41) is 11.0. The number of rotatable bonds is 2. The lowest BCUT2D eigenvalue weighted by Gasteiger charge is -2.11. The number of nitrogens with zero attached hydrogens (tertiary/aromatic N) is 1. The molecule has 16 heavy (non-hydrogen) atoms. The molecule has 3 nitrogen and oxygen atoms in total. The van der Waals surface area contributed by atoms with Gasteiger partial charge in [-0.15, -0.1) is 0 Å². The number of halogens is 1. The molecule has 2 unspecified atom stereocenters. The van der Waals surface area contributed by atoms with E-state index in [1.54, 1.807) is 0 Å². The highest BCUT2D eigenvalue weighted by molar-refractivity contribution is 8.00. The highest BCUT2D eigenvalue weighted by Gasteiger charge is 2.34. The molecule has 1 aliphatic heterocycles. The predicted molar refractivity (Wildman–Crippen MR) is 66.8 cm³/mol. The molecule has 2 atom stereocenters. The summed E-state index contributed by atoms with van der Waals surface area (Å²) in [6, 6.07) is 5.76. The Kier molecular flexibility index (Phi) is 3.40. The van der Waals surface area contributed by atoms with Crippen LogP contribution in [-0.2, 0) is 0 Å². The second-order valence-electron chi connectivity index (χ2n) is 4.01. The molecule has 86 valence electrons. The molecule has 1 saturated heterocycles.